The zero-order valence-electron chi connectivity index (χ0n) is 13.2. The number of amides is 1. The summed E-state index contributed by atoms with van der Waals surface area (Å²) in [7, 11) is -3.72. The maximum atomic E-state index is 12.2. The van der Waals surface area contributed by atoms with Gasteiger partial charge in [0, 0.05) is 12.6 Å². The maximum absolute atomic E-state index is 12.2. The highest BCUT2D eigenvalue weighted by Crippen LogP contribution is 2.31. The molecule has 1 atom stereocenters. The zero-order valence-corrected chi connectivity index (χ0v) is 14.8. The lowest BCUT2D eigenvalue weighted by Crippen LogP contribution is -2.43. The second-order valence-corrected chi connectivity index (χ2v) is 7.82. The van der Waals surface area contributed by atoms with Gasteiger partial charge in [0.05, 0.1) is 24.7 Å². The van der Waals surface area contributed by atoms with Crippen molar-refractivity contribution in [2.45, 2.75) is 37.0 Å². The number of sulfonamides is 1. The topological polar surface area (TPSA) is 111 Å². The van der Waals surface area contributed by atoms with E-state index in [-0.39, 0.29) is 35.8 Å². The van der Waals surface area contributed by atoms with E-state index in [9.17, 15) is 13.2 Å². The van der Waals surface area contributed by atoms with E-state index in [1.54, 1.807) is 12.1 Å². The molecule has 1 aliphatic heterocycles. The Morgan fingerprint density at radius 1 is 1.29 bits per heavy atom. The third kappa shape index (κ3) is 4.67. The van der Waals surface area contributed by atoms with Crippen molar-refractivity contribution in [2.75, 3.05) is 13.1 Å². The molecule has 1 heterocycles. The predicted molar refractivity (Wildman–Crippen MR) is 91.1 cm³/mol. The van der Waals surface area contributed by atoms with Gasteiger partial charge in [0.25, 0.3) is 0 Å². The van der Waals surface area contributed by atoms with Crippen molar-refractivity contribution < 1.29 is 17.9 Å². The Morgan fingerprint density at radius 2 is 2.00 bits per heavy atom. The number of benzene rings is 1. The third-order valence-electron chi connectivity index (χ3n) is 4.19. The van der Waals surface area contributed by atoms with E-state index < -0.39 is 10.0 Å². The van der Waals surface area contributed by atoms with Crippen molar-refractivity contribution in [1.82, 2.24) is 10.0 Å². The van der Waals surface area contributed by atoms with Crippen molar-refractivity contribution >= 4 is 28.3 Å². The number of hydrogen-bond acceptors (Lipinski definition) is 5. The van der Waals surface area contributed by atoms with Gasteiger partial charge in [-0.1, -0.05) is 6.07 Å². The molecule has 1 aliphatic carbocycles. The number of fused-ring (bicyclic) bond motifs is 1. The van der Waals surface area contributed by atoms with Crippen molar-refractivity contribution in [3.63, 3.8) is 0 Å². The van der Waals surface area contributed by atoms with Crippen LogP contribution in [0.5, 0.6) is 0 Å². The molecule has 9 heteroatoms. The number of rotatable bonds is 7. The first-order valence-electron chi connectivity index (χ1n) is 7.67. The molecule has 1 saturated carbocycles. The van der Waals surface area contributed by atoms with Gasteiger partial charge in [-0.25, -0.2) is 13.1 Å². The van der Waals surface area contributed by atoms with Crippen LogP contribution in [-0.4, -0.2) is 33.5 Å². The van der Waals surface area contributed by atoms with Crippen LogP contribution in [0.4, 0.5) is 0 Å². The van der Waals surface area contributed by atoms with Gasteiger partial charge in [-0.15, -0.1) is 12.4 Å². The second-order valence-electron chi connectivity index (χ2n) is 6.05. The Hall–Kier alpha value is -1.19. The summed E-state index contributed by atoms with van der Waals surface area (Å²) in [4.78, 5) is 11.9. The molecular weight excluding hydrogens is 354 g/mol. The van der Waals surface area contributed by atoms with E-state index in [1.165, 1.54) is 6.07 Å². The van der Waals surface area contributed by atoms with Crippen LogP contribution in [0, 0.1) is 5.92 Å². The van der Waals surface area contributed by atoms with Crippen LogP contribution in [0.2, 0.25) is 0 Å². The summed E-state index contributed by atoms with van der Waals surface area (Å²) in [6.45, 7) is 1.000. The van der Waals surface area contributed by atoms with Crippen LogP contribution < -0.4 is 15.8 Å². The van der Waals surface area contributed by atoms with Gasteiger partial charge >= 0.3 is 0 Å². The Bertz CT molecular complexity index is 707. The molecule has 0 aromatic heterocycles. The standard InChI is InChI=1S/C15H21N3O4S.ClH/c16-14(10-1-2-10)6-17-15(19)7-18-23(20,21)13-4-3-11-8-22-9-12(11)5-13;/h3-5,10,14,18H,1-2,6-9,16H2,(H,17,19);1H. The number of nitrogens with one attached hydrogen (secondary N) is 2. The molecule has 1 aromatic rings. The smallest absolute Gasteiger partial charge is 0.241 e. The molecule has 134 valence electrons. The van der Waals surface area contributed by atoms with Crippen LogP contribution in [0.1, 0.15) is 24.0 Å². The molecule has 0 spiro atoms. The highest BCUT2D eigenvalue weighted by atomic mass is 35.5. The molecule has 0 bridgehead atoms. The fourth-order valence-electron chi connectivity index (χ4n) is 2.54. The van der Waals surface area contributed by atoms with Crippen molar-refractivity contribution in [3.8, 4) is 0 Å². The molecule has 1 unspecified atom stereocenters. The lowest BCUT2D eigenvalue weighted by atomic mass is 10.1. The molecular formula is C15H22ClN3O4S. The normalized spacial score (nSPS) is 17.7. The van der Waals surface area contributed by atoms with Crippen LogP contribution >= 0.6 is 12.4 Å². The Labute approximate surface area is 147 Å². The van der Waals surface area contributed by atoms with E-state index in [0.29, 0.717) is 25.7 Å². The van der Waals surface area contributed by atoms with Gasteiger partial charge in [0.15, 0.2) is 0 Å². The Kier molecular flexibility index (Phi) is 6.22. The van der Waals surface area contributed by atoms with E-state index in [2.05, 4.69) is 10.0 Å². The highest BCUT2D eigenvalue weighted by Gasteiger charge is 2.28. The maximum Gasteiger partial charge on any atom is 0.241 e. The number of nitrogens with two attached hydrogens (primary N) is 1. The van der Waals surface area contributed by atoms with Crippen LogP contribution in [0.3, 0.4) is 0 Å². The summed E-state index contributed by atoms with van der Waals surface area (Å²) in [5.41, 5.74) is 7.75. The first-order valence-corrected chi connectivity index (χ1v) is 9.15. The lowest BCUT2D eigenvalue weighted by molar-refractivity contribution is -0.120. The SMILES string of the molecule is Cl.NC(CNC(=O)CNS(=O)(=O)c1ccc2c(c1)COC2)C1CC1. The van der Waals surface area contributed by atoms with Crippen molar-refractivity contribution in [3.05, 3.63) is 29.3 Å². The van der Waals surface area contributed by atoms with Gasteiger partial charge in [-0.3, -0.25) is 4.79 Å². The number of halogens is 1. The predicted octanol–water partition coefficient (Wildman–Crippen LogP) is 0.270. The minimum absolute atomic E-state index is 0. The summed E-state index contributed by atoms with van der Waals surface area (Å²) < 4.78 is 32.1. The monoisotopic (exact) mass is 375 g/mol. The molecule has 1 aromatic carbocycles. The largest absolute Gasteiger partial charge is 0.372 e. The average molecular weight is 376 g/mol. The van der Waals surface area contributed by atoms with Crippen LogP contribution in [-0.2, 0) is 32.8 Å². The van der Waals surface area contributed by atoms with Gasteiger partial charge in [-0.05, 0) is 42.0 Å². The summed E-state index contributed by atoms with van der Waals surface area (Å²) in [6.07, 6.45) is 2.21. The molecule has 24 heavy (non-hydrogen) atoms. The van der Waals surface area contributed by atoms with E-state index in [1.807, 2.05) is 0 Å². The number of hydrogen-bond donors (Lipinski definition) is 3. The minimum Gasteiger partial charge on any atom is -0.372 e. The van der Waals surface area contributed by atoms with Crippen LogP contribution in [0.25, 0.3) is 0 Å². The second kappa shape index (κ2) is 7.79. The molecule has 0 radical (unpaired) electrons. The highest BCUT2D eigenvalue weighted by molar-refractivity contribution is 7.89. The summed E-state index contributed by atoms with van der Waals surface area (Å²) in [6, 6.07) is 4.81. The van der Waals surface area contributed by atoms with E-state index >= 15 is 0 Å². The van der Waals surface area contributed by atoms with Crippen molar-refractivity contribution in [1.29, 1.82) is 0 Å². The molecule has 1 fully saturated rings. The first-order chi connectivity index (χ1) is 11.0. The third-order valence-corrected chi connectivity index (χ3v) is 5.59. The van der Waals surface area contributed by atoms with Crippen LogP contribution in [0.15, 0.2) is 23.1 Å². The summed E-state index contributed by atoms with van der Waals surface area (Å²) in [5.74, 6) is 0.106. The molecule has 0 saturated heterocycles. The molecule has 7 nitrogen and oxygen atoms in total. The number of carbonyl (C=O) groups is 1. The van der Waals surface area contributed by atoms with Gasteiger partial charge in [-0.2, -0.15) is 0 Å². The molecule has 2 aliphatic rings. The summed E-state index contributed by atoms with van der Waals surface area (Å²) in [5, 5.41) is 2.66. The summed E-state index contributed by atoms with van der Waals surface area (Å²) >= 11 is 0. The van der Waals surface area contributed by atoms with Gasteiger partial charge in [0.2, 0.25) is 15.9 Å². The first kappa shape index (κ1) is 19.1. The Morgan fingerprint density at radius 3 is 2.71 bits per heavy atom. The molecule has 3 rings (SSSR count). The van der Waals surface area contributed by atoms with E-state index in [0.717, 1.165) is 24.0 Å². The molecule has 1 amide bonds. The van der Waals surface area contributed by atoms with Crippen molar-refractivity contribution in [2.24, 2.45) is 11.7 Å². The quantitative estimate of drug-likeness (QED) is 0.633. The number of carbonyl (C=O) groups excluding carboxylic acids is 1. The fourth-order valence-corrected chi connectivity index (χ4v) is 3.58. The van der Waals surface area contributed by atoms with Gasteiger partial charge < -0.3 is 15.8 Å². The fraction of sp³-hybridized carbons (Fsp3) is 0.533. The van der Waals surface area contributed by atoms with E-state index in [4.69, 9.17) is 10.5 Å². The zero-order chi connectivity index (χ0) is 16.4. The molecule has 4 N–H and O–H groups in total. The van der Waals surface area contributed by atoms with Gasteiger partial charge in [0.1, 0.15) is 0 Å². The Balaban J connectivity index is 0.00000208. The minimum atomic E-state index is -3.72. The number of ether oxygens (including phenoxy) is 1. The lowest BCUT2D eigenvalue weighted by Gasteiger charge is -2.12. The average Bonchev–Trinajstić information content (AvgIpc) is 3.28.